The number of aromatic nitrogens is 5. The molecule has 2 atom stereocenters. The van der Waals surface area contributed by atoms with Crippen molar-refractivity contribution in [2.24, 2.45) is 7.05 Å². The number of cyclic esters (lactones) is 1. The third kappa shape index (κ3) is 3.23. The Balaban J connectivity index is 1.39. The molecule has 1 saturated heterocycles. The van der Waals surface area contributed by atoms with Crippen LogP contribution >= 0.6 is 0 Å². The number of rotatable bonds is 4. The van der Waals surface area contributed by atoms with Crippen LogP contribution in [-0.2, 0) is 18.2 Å². The van der Waals surface area contributed by atoms with Crippen LogP contribution < -0.4 is 4.90 Å². The Bertz CT molecular complexity index is 1180. The summed E-state index contributed by atoms with van der Waals surface area (Å²) < 4.78 is 5.43. The van der Waals surface area contributed by atoms with Crippen LogP contribution in [0, 0.1) is 0 Å². The van der Waals surface area contributed by atoms with Gasteiger partial charge in [-0.05, 0) is 41.0 Å². The summed E-state index contributed by atoms with van der Waals surface area (Å²) in [5.41, 5.74) is 4.34. The number of hydrogen-bond acceptors (Lipinski definition) is 7. The van der Waals surface area contributed by atoms with Crippen molar-refractivity contribution in [3.05, 3.63) is 42.1 Å². The van der Waals surface area contributed by atoms with E-state index in [4.69, 9.17) is 9.84 Å². The number of hydrogen-bond donors (Lipinski definition) is 1. The number of carbonyl (C=O) groups is 2. The molecule has 1 N–H and O–H groups in total. The summed E-state index contributed by atoms with van der Waals surface area (Å²) in [6, 6.07) is 9.43. The van der Waals surface area contributed by atoms with E-state index in [-0.39, 0.29) is 12.6 Å². The van der Waals surface area contributed by atoms with Gasteiger partial charge >= 0.3 is 12.2 Å². The lowest BCUT2D eigenvalue weighted by Gasteiger charge is -2.21. The van der Waals surface area contributed by atoms with Gasteiger partial charge in [-0.3, -0.25) is 9.88 Å². The molecule has 3 aromatic rings. The highest BCUT2D eigenvalue weighted by Gasteiger charge is 2.48. The van der Waals surface area contributed by atoms with Crippen molar-refractivity contribution in [2.45, 2.75) is 18.6 Å². The third-order valence-corrected chi connectivity index (χ3v) is 5.59. The third-order valence-electron chi connectivity index (χ3n) is 5.59. The summed E-state index contributed by atoms with van der Waals surface area (Å²) in [6.45, 7) is 0.130. The van der Waals surface area contributed by atoms with Gasteiger partial charge in [-0.2, -0.15) is 4.80 Å². The molecule has 0 saturated carbocycles. The molecule has 11 nitrogen and oxygen atoms in total. The molecule has 0 spiro atoms. The van der Waals surface area contributed by atoms with Crippen molar-refractivity contribution >= 4 is 17.9 Å². The lowest BCUT2D eigenvalue weighted by molar-refractivity contribution is 0.0961. The van der Waals surface area contributed by atoms with E-state index in [1.165, 1.54) is 11.8 Å². The Morgan fingerprint density at radius 2 is 2.10 bits per heavy atom. The van der Waals surface area contributed by atoms with Crippen LogP contribution in [-0.4, -0.2) is 73.1 Å². The fourth-order valence-corrected chi connectivity index (χ4v) is 4.05. The molecule has 11 heteroatoms. The number of anilines is 1. The highest BCUT2D eigenvalue weighted by molar-refractivity contribution is 5.94. The van der Waals surface area contributed by atoms with Crippen LogP contribution in [0.25, 0.3) is 22.6 Å². The van der Waals surface area contributed by atoms with Gasteiger partial charge in [0.05, 0.1) is 25.3 Å². The molecule has 0 radical (unpaired) electrons. The number of benzene rings is 1. The van der Waals surface area contributed by atoms with Gasteiger partial charge in [-0.1, -0.05) is 12.1 Å². The van der Waals surface area contributed by atoms with Crippen molar-refractivity contribution in [1.29, 1.82) is 0 Å². The number of carboxylic acid groups (broad SMARTS) is 1. The zero-order valence-corrected chi connectivity index (χ0v) is 16.8. The SMILES string of the molecule is CN(C[C@@H]1OC(=O)N2c3ccc(-c4ccc(-c5nnn(C)n5)nc4)cc3C[C@@H]12)C(=O)O. The molecule has 2 aromatic heterocycles. The number of aryl methyl sites for hydroxylation is 1. The van der Waals surface area contributed by atoms with Gasteiger partial charge in [0.25, 0.3) is 0 Å². The summed E-state index contributed by atoms with van der Waals surface area (Å²) in [7, 11) is 3.16. The fraction of sp³-hybridized carbons (Fsp3) is 0.300. The van der Waals surface area contributed by atoms with Crippen molar-refractivity contribution in [1.82, 2.24) is 30.1 Å². The Morgan fingerprint density at radius 1 is 1.29 bits per heavy atom. The molecule has 0 aliphatic carbocycles. The first-order valence-electron chi connectivity index (χ1n) is 9.68. The molecule has 0 unspecified atom stereocenters. The van der Waals surface area contributed by atoms with E-state index in [0.29, 0.717) is 17.9 Å². The molecule has 4 heterocycles. The number of nitrogens with zero attached hydrogens (tertiary/aromatic N) is 7. The molecule has 5 rings (SSSR count). The molecule has 2 amide bonds. The quantitative estimate of drug-likeness (QED) is 0.676. The lowest BCUT2D eigenvalue weighted by Crippen LogP contribution is -2.41. The maximum atomic E-state index is 12.4. The fourth-order valence-electron chi connectivity index (χ4n) is 4.05. The summed E-state index contributed by atoms with van der Waals surface area (Å²) in [5, 5.41) is 21.1. The van der Waals surface area contributed by atoms with E-state index < -0.39 is 18.3 Å². The standard InChI is InChI=1S/C20H19N7O4/c1-25(19(28)29)10-17-16-8-13-7-11(4-6-15(13)27(16)20(30)31-17)12-3-5-14(21-9-12)18-22-24-26(2)23-18/h3-7,9,16-17H,8,10H2,1-2H3,(H,28,29)/t16-,17-/m0/s1. The van der Waals surface area contributed by atoms with E-state index in [0.717, 1.165) is 27.3 Å². The number of carbonyl (C=O) groups excluding carboxylic acids is 1. The van der Waals surface area contributed by atoms with E-state index >= 15 is 0 Å². The average molecular weight is 421 g/mol. The second kappa shape index (κ2) is 7.04. The summed E-state index contributed by atoms with van der Waals surface area (Å²) in [5.74, 6) is 0.458. The molecule has 0 bridgehead atoms. The van der Waals surface area contributed by atoms with Crippen LogP contribution in [0.3, 0.4) is 0 Å². The number of fused-ring (bicyclic) bond motifs is 3. The molecule has 2 aliphatic heterocycles. The number of likely N-dealkylation sites (N-methyl/N-ethyl adjacent to an activating group) is 1. The Kier molecular flexibility index (Phi) is 4.31. The Hall–Kier alpha value is -4.02. The van der Waals surface area contributed by atoms with Crippen LogP contribution in [0.1, 0.15) is 5.56 Å². The molecule has 2 aliphatic rings. The second-order valence-electron chi connectivity index (χ2n) is 7.60. The average Bonchev–Trinajstić information content (AvgIpc) is 3.43. The van der Waals surface area contributed by atoms with Gasteiger partial charge in [0.15, 0.2) is 0 Å². The van der Waals surface area contributed by atoms with E-state index in [2.05, 4.69) is 20.4 Å². The van der Waals surface area contributed by atoms with Crippen molar-refractivity contribution in [2.75, 3.05) is 18.5 Å². The van der Waals surface area contributed by atoms with Gasteiger partial charge < -0.3 is 14.7 Å². The predicted molar refractivity (Wildman–Crippen MR) is 108 cm³/mol. The topological polar surface area (TPSA) is 127 Å². The van der Waals surface area contributed by atoms with Crippen LogP contribution in [0.4, 0.5) is 15.3 Å². The van der Waals surface area contributed by atoms with Crippen LogP contribution in [0.5, 0.6) is 0 Å². The minimum atomic E-state index is -1.06. The Labute approximate surface area is 176 Å². The van der Waals surface area contributed by atoms with Crippen molar-refractivity contribution in [3.8, 4) is 22.6 Å². The number of ether oxygens (including phenoxy) is 1. The van der Waals surface area contributed by atoms with Crippen molar-refractivity contribution in [3.63, 3.8) is 0 Å². The molecule has 158 valence electrons. The summed E-state index contributed by atoms with van der Waals surface area (Å²) >= 11 is 0. The minimum absolute atomic E-state index is 0.130. The van der Waals surface area contributed by atoms with Crippen LogP contribution in [0.2, 0.25) is 0 Å². The van der Waals surface area contributed by atoms with E-state index in [9.17, 15) is 9.59 Å². The van der Waals surface area contributed by atoms with Gasteiger partial charge in [0.2, 0.25) is 5.82 Å². The first kappa shape index (κ1) is 19.0. The minimum Gasteiger partial charge on any atom is -0.465 e. The summed E-state index contributed by atoms with van der Waals surface area (Å²) in [4.78, 5) is 32.1. The number of amides is 2. The maximum absolute atomic E-state index is 12.4. The smallest absolute Gasteiger partial charge is 0.415 e. The van der Waals surface area contributed by atoms with E-state index in [1.54, 1.807) is 18.1 Å². The van der Waals surface area contributed by atoms with Crippen molar-refractivity contribution < 1.29 is 19.4 Å². The Morgan fingerprint density at radius 3 is 2.77 bits per heavy atom. The van der Waals surface area contributed by atoms with Crippen LogP contribution in [0.15, 0.2) is 36.5 Å². The van der Waals surface area contributed by atoms with Gasteiger partial charge in [-0.15, -0.1) is 10.2 Å². The molecule has 31 heavy (non-hydrogen) atoms. The maximum Gasteiger partial charge on any atom is 0.415 e. The number of tetrazole rings is 1. The normalized spacial score (nSPS) is 19.2. The molecule has 1 fully saturated rings. The van der Waals surface area contributed by atoms with E-state index in [1.807, 2.05) is 30.3 Å². The van der Waals surface area contributed by atoms with Gasteiger partial charge in [0.1, 0.15) is 11.8 Å². The molecular weight excluding hydrogens is 402 g/mol. The summed E-state index contributed by atoms with van der Waals surface area (Å²) in [6.07, 6.45) is 0.345. The molecule has 1 aromatic carbocycles. The zero-order chi connectivity index (χ0) is 21.7. The molecular formula is C20H19N7O4. The second-order valence-corrected chi connectivity index (χ2v) is 7.60. The monoisotopic (exact) mass is 421 g/mol. The number of pyridine rings is 1. The highest BCUT2D eigenvalue weighted by Crippen LogP contribution is 2.40. The first-order chi connectivity index (χ1) is 14.9. The largest absolute Gasteiger partial charge is 0.465 e. The zero-order valence-electron chi connectivity index (χ0n) is 16.8. The lowest BCUT2D eigenvalue weighted by atomic mass is 10.0. The van der Waals surface area contributed by atoms with Gasteiger partial charge in [0, 0.05) is 18.8 Å². The van der Waals surface area contributed by atoms with Gasteiger partial charge in [-0.25, -0.2) is 9.59 Å². The first-order valence-corrected chi connectivity index (χ1v) is 9.68. The highest BCUT2D eigenvalue weighted by atomic mass is 16.6. The predicted octanol–water partition coefficient (Wildman–Crippen LogP) is 1.80.